The van der Waals surface area contributed by atoms with Crippen molar-refractivity contribution in [2.45, 2.75) is 26.4 Å². The molecule has 0 saturated heterocycles. The third kappa shape index (κ3) is 5.16. The summed E-state index contributed by atoms with van der Waals surface area (Å²) in [5.74, 6) is 1.98. The Hall–Kier alpha value is -3.22. The van der Waals surface area contributed by atoms with Gasteiger partial charge in [0, 0.05) is 33.0 Å². The molecular weight excluding hydrogens is 360 g/mol. The molecule has 148 valence electrons. The molecule has 1 aliphatic heterocycles. The number of nitrogens with one attached hydrogen (secondary N) is 1. The summed E-state index contributed by atoms with van der Waals surface area (Å²) >= 11 is 0. The van der Waals surface area contributed by atoms with E-state index in [1.807, 2.05) is 42.5 Å². The Morgan fingerprint density at radius 1 is 1.07 bits per heavy atom. The van der Waals surface area contributed by atoms with Crippen LogP contribution in [0.5, 0.6) is 17.2 Å². The van der Waals surface area contributed by atoms with Crippen molar-refractivity contribution in [2.24, 2.45) is 0 Å². The lowest BCUT2D eigenvalue weighted by Crippen LogP contribution is -2.33. The first-order chi connectivity index (χ1) is 13.5. The highest BCUT2D eigenvalue weighted by atomic mass is 16.7. The van der Waals surface area contributed by atoms with Gasteiger partial charge in [0.25, 0.3) is 0 Å². The van der Waals surface area contributed by atoms with Gasteiger partial charge in [-0.1, -0.05) is 18.2 Å². The fourth-order valence-electron chi connectivity index (χ4n) is 2.88. The number of fused-ring (bicyclic) bond motifs is 1. The average Bonchev–Trinajstić information content (AvgIpc) is 3.17. The van der Waals surface area contributed by atoms with Gasteiger partial charge in [-0.2, -0.15) is 0 Å². The fourth-order valence-corrected chi connectivity index (χ4v) is 2.88. The highest BCUT2D eigenvalue weighted by Crippen LogP contribution is 2.32. The van der Waals surface area contributed by atoms with Crippen molar-refractivity contribution in [1.82, 2.24) is 10.2 Å². The average molecular weight is 384 g/mol. The number of rotatable bonds is 8. The van der Waals surface area contributed by atoms with Crippen molar-refractivity contribution < 1.29 is 23.8 Å². The molecule has 2 aromatic carbocycles. The summed E-state index contributed by atoms with van der Waals surface area (Å²) in [6, 6.07) is 13.1. The minimum Gasteiger partial charge on any atom is -0.497 e. The number of hydrogen-bond donors (Lipinski definition) is 1. The fraction of sp³-hybridized carbons (Fsp3) is 0.333. The molecule has 2 amide bonds. The van der Waals surface area contributed by atoms with Crippen LogP contribution in [0.1, 0.15) is 24.5 Å². The lowest BCUT2D eigenvalue weighted by atomic mass is 10.2. The molecule has 1 heterocycles. The first-order valence-electron chi connectivity index (χ1n) is 9.09. The van der Waals surface area contributed by atoms with E-state index in [0.717, 1.165) is 16.9 Å². The summed E-state index contributed by atoms with van der Waals surface area (Å²) in [5, 5.41) is 2.87. The maximum atomic E-state index is 12.2. The highest BCUT2D eigenvalue weighted by molar-refractivity contribution is 5.78. The van der Waals surface area contributed by atoms with Gasteiger partial charge in [-0.3, -0.25) is 9.59 Å². The van der Waals surface area contributed by atoms with Gasteiger partial charge < -0.3 is 24.4 Å². The number of benzene rings is 2. The monoisotopic (exact) mass is 384 g/mol. The number of amides is 2. The van der Waals surface area contributed by atoms with Crippen molar-refractivity contribution >= 4 is 11.8 Å². The first kappa shape index (κ1) is 19.5. The van der Waals surface area contributed by atoms with Crippen molar-refractivity contribution in [3.63, 3.8) is 0 Å². The van der Waals surface area contributed by atoms with Crippen LogP contribution in [0.4, 0.5) is 0 Å². The molecule has 0 atom stereocenters. The zero-order valence-corrected chi connectivity index (χ0v) is 16.1. The molecule has 0 unspecified atom stereocenters. The minimum absolute atomic E-state index is 0.0700. The van der Waals surface area contributed by atoms with E-state index in [4.69, 9.17) is 14.2 Å². The molecule has 1 aliphatic rings. The van der Waals surface area contributed by atoms with Crippen LogP contribution in [0, 0.1) is 0 Å². The summed E-state index contributed by atoms with van der Waals surface area (Å²) in [7, 11) is 1.61. The Labute approximate surface area is 164 Å². The van der Waals surface area contributed by atoms with Gasteiger partial charge in [0.15, 0.2) is 11.5 Å². The van der Waals surface area contributed by atoms with Gasteiger partial charge in [-0.05, 0) is 35.4 Å². The van der Waals surface area contributed by atoms with Crippen molar-refractivity contribution in [2.75, 3.05) is 20.4 Å². The lowest BCUT2D eigenvalue weighted by Gasteiger charge is -2.21. The van der Waals surface area contributed by atoms with Crippen LogP contribution in [-0.2, 0) is 22.7 Å². The van der Waals surface area contributed by atoms with E-state index >= 15 is 0 Å². The van der Waals surface area contributed by atoms with Crippen LogP contribution in [0.2, 0.25) is 0 Å². The van der Waals surface area contributed by atoms with E-state index in [0.29, 0.717) is 31.1 Å². The predicted octanol–water partition coefficient (Wildman–Crippen LogP) is 2.48. The molecule has 7 nitrogen and oxygen atoms in total. The zero-order chi connectivity index (χ0) is 19.9. The largest absolute Gasteiger partial charge is 0.497 e. The first-order valence-corrected chi connectivity index (χ1v) is 9.09. The number of carbonyl (C=O) groups excluding carboxylic acids is 2. The van der Waals surface area contributed by atoms with Crippen LogP contribution in [0.25, 0.3) is 0 Å². The predicted molar refractivity (Wildman–Crippen MR) is 103 cm³/mol. The van der Waals surface area contributed by atoms with E-state index in [9.17, 15) is 9.59 Å². The Kier molecular flexibility index (Phi) is 6.37. The molecule has 3 rings (SSSR count). The van der Waals surface area contributed by atoms with Gasteiger partial charge in [0.1, 0.15) is 5.75 Å². The highest BCUT2D eigenvalue weighted by Gasteiger charge is 2.14. The van der Waals surface area contributed by atoms with Crippen molar-refractivity contribution in [1.29, 1.82) is 0 Å². The van der Waals surface area contributed by atoms with Crippen LogP contribution in [0.15, 0.2) is 42.5 Å². The standard InChI is InChI=1S/C21H24N2O5/c1-15(24)23(13-16-3-6-18(26-2)7-4-16)10-9-21(25)22-12-17-5-8-19-20(11-17)28-14-27-19/h3-8,11H,9-10,12-14H2,1-2H3,(H,22,25). The summed E-state index contributed by atoms with van der Waals surface area (Å²) in [5.41, 5.74) is 1.91. The Morgan fingerprint density at radius 2 is 1.79 bits per heavy atom. The minimum atomic E-state index is -0.112. The van der Waals surface area contributed by atoms with Gasteiger partial charge >= 0.3 is 0 Å². The number of methoxy groups -OCH3 is 1. The molecule has 0 spiro atoms. The lowest BCUT2D eigenvalue weighted by molar-refractivity contribution is -0.130. The van der Waals surface area contributed by atoms with E-state index < -0.39 is 0 Å². The molecule has 2 aromatic rings. The summed E-state index contributed by atoms with van der Waals surface area (Å²) in [6.45, 7) is 2.94. The third-order valence-electron chi connectivity index (χ3n) is 4.51. The van der Waals surface area contributed by atoms with Crippen molar-refractivity contribution in [3.8, 4) is 17.2 Å². The molecular formula is C21H24N2O5. The van der Waals surface area contributed by atoms with Crippen molar-refractivity contribution in [3.05, 3.63) is 53.6 Å². The topological polar surface area (TPSA) is 77.1 Å². The van der Waals surface area contributed by atoms with E-state index in [1.165, 1.54) is 6.92 Å². The maximum Gasteiger partial charge on any atom is 0.231 e. The normalized spacial score (nSPS) is 11.8. The molecule has 0 radical (unpaired) electrons. The van der Waals surface area contributed by atoms with Gasteiger partial charge in [-0.25, -0.2) is 0 Å². The van der Waals surface area contributed by atoms with E-state index in [-0.39, 0.29) is 25.0 Å². The molecule has 0 aliphatic carbocycles. The molecule has 0 bridgehead atoms. The Bertz CT molecular complexity index is 835. The van der Waals surface area contributed by atoms with Gasteiger partial charge in [0.05, 0.1) is 7.11 Å². The Morgan fingerprint density at radius 3 is 2.50 bits per heavy atom. The van der Waals surface area contributed by atoms with Gasteiger partial charge in [0.2, 0.25) is 18.6 Å². The van der Waals surface area contributed by atoms with E-state index in [1.54, 1.807) is 12.0 Å². The molecule has 0 fully saturated rings. The molecule has 1 N–H and O–H groups in total. The quantitative estimate of drug-likeness (QED) is 0.757. The summed E-state index contributed by atoms with van der Waals surface area (Å²) in [6.07, 6.45) is 0.236. The molecule has 28 heavy (non-hydrogen) atoms. The number of nitrogens with zero attached hydrogens (tertiary/aromatic N) is 1. The SMILES string of the molecule is COc1ccc(CN(CCC(=O)NCc2ccc3c(c2)OCO3)C(C)=O)cc1. The molecule has 0 aromatic heterocycles. The zero-order valence-electron chi connectivity index (χ0n) is 16.1. The second-order valence-electron chi connectivity index (χ2n) is 6.50. The van der Waals surface area contributed by atoms with Crippen LogP contribution >= 0.6 is 0 Å². The van der Waals surface area contributed by atoms with Gasteiger partial charge in [-0.15, -0.1) is 0 Å². The van der Waals surface area contributed by atoms with Crippen LogP contribution in [0.3, 0.4) is 0 Å². The maximum absolute atomic E-state index is 12.2. The summed E-state index contributed by atoms with van der Waals surface area (Å²) in [4.78, 5) is 25.8. The van der Waals surface area contributed by atoms with Crippen LogP contribution in [-0.4, -0.2) is 37.2 Å². The third-order valence-corrected chi connectivity index (χ3v) is 4.51. The smallest absolute Gasteiger partial charge is 0.231 e. The second-order valence-corrected chi connectivity index (χ2v) is 6.50. The van der Waals surface area contributed by atoms with Crippen LogP contribution < -0.4 is 19.5 Å². The number of ether oxygens (including phenoxy) is 3. The van der Waals surface area contributed by atoms with E-state index in [2.05, 4.69) is 5.32 Å². The molecule has 0 saturated carbocycles. The number of carbonyl (C=O) groups is 2. The summed E-state index contributed by atoms with van der Waals surface area (Å²) < 4.78 is 15.7. The Balaban J connectivity index is 1.47. The number of hydrogen-bond acceptors (Lipinski definition) is 5. The molecule has 7 heteroatoms. The second kappa shape index (κ2) is 9.12.